The molecule has 3 N–H and O–H groups in total. The van der Waals surface area contributed by atoms with Crippen LogP contribution in [0.5, 0.6) is 0 Å². The summed E-state index contributed by atoms with van der Waals surface area (Å²) in [5, 5.41) is 5.26. The van der Waals surface area contributed by atoms with Crippen LogP contribution in [0, 0.1) is 0 Å². The SMILES string of the molecule is CC(=O)Nc1ccc2ccccc2c1-c1ccc(C2CC2N)cc1. The summed E-state index contributed by atoms with van der Waals surface area (Å²) in [5.41, 5.74) is 10.3. The monoisotopic (exact) mass is 316 g/mol. The number of anilines is 1. The van der Waals surface area contributed by atoms with Crippen LogP contribution in [0.3, 0.4) is 0 Å². The Morgan fingerprint density at radius 2 is 1.75 bits per heavy atom. The summed E-state index contributed by atoms with van der Waals surface area (Å²) in [6, 6.07) is 21.2. The summed E-state index contributed by atoms with van der Waals surface area (Å²) in [6.07, 6.45) is 1.07. The molecule has 0 bridgehead atoms. The third-order valence-corrected chi connectivity index (χ3v) is 4.71. The predicted octanol–water partition coefficient (Wildman–Crippen LogP) is 4.28. The lowest BCUT2D eigenvalue weighted by Gasteiger charge is -2.14. The average Bonchev–Trinajstić information content (AvgIpc) is 3.31. The first-order valence-electron chi connectivity index (χ1n) is 8.29. The fourth-order valence-electron chi connectivity index (χ4n) is 3.37. The van der Waals surface area contributed by atoms with Crippen molar-refractivity contribution in [1.82, 2.24) is 0 Å². The van der Waals surface area contributed by atoms with Gasteiger partial charge in [0.25, 0.3) is 0 Å². The van der Waals surface area contributed by atoms with E-state index in [1.165, 1.54) is 12.5 Å². The van der Waals surface area contributed by atoms with Crippen molar-refractivity contribution in [1.29, 1.82) is 0 Å². The second-order valence-electron chi connectivity index (χ2n) is 6.52. The van der Waals surface area contributed by atoms with Crippen LogP contribution in [-0.2, 0) is 4.79 Å². The Hall–Kier alpha value is -2.65. The molecule has 2 atom stereocenters. The number of hydrogen-bond donors (Lipinski definition) is 2. The number of carbonyl (C=O) groups is 1. The minimum atomic E-state index is -0.0629. The fraction of sp³-hybridized carbons (Fsp3) is 0.190. The number of amides is 1. The van der Waals surface area contributed by atoms with Gasteiger partial charge in [-0.2, -0.15) is 0 Å². The van der Waals surface area contributed by atoms with Gasteiger partial charge in [-0.3, -0.25) is 4.79 Å². The number of benzene rings is 3. The maximum absolute atomic E-state index is 11.6. The molecule has 1 saturated carbocycles. The number of rotatable bonds is 3. The van der Waals surface area contributed by atoms with Gasteiger partial charge in [0.2, 0.25) is 5.91 Å². The molecule has 0 radical (unpaired) electrons. The molecule has 0 aromatic heterocycles. The van der Waals surface area contributed by atoms with Crippen molar-refractivity contribution in [3.8, 4) is 11.1 Å². The molecule has 0 saturated heterocycles. The smallest absolute Gasteiger partial charge is 0.221 e. The van der Waals surface area contributed by atoms with Gasteiger partial charge in [0.1, 0.15) is 0 Å². The highest BCUT2D eigenvalue weighted by molar-refractivity contribution is 6.06. The van der Waals surface area contributed by atoms with E-state index in [-0.39, 0.29) is 5.91 Å². The highest BCUT2D eigenvalue weighted by atomic mass is 16.1. The normalized spacial score (nSPS) is 19.2. The quantitative estimate of drug-likeness (QED) is 0.758. The van der Waals surface area contributed by atoms with Crippen molar-refractivity contribution in [2.24, 2.45) is 5.73 Å². The number of nitrogens with one attached hydrogen (secondary N) is 1. The molecule has 1 aliphatic carbocycles. The van der Waals surface area contributed by atoms with E-state index >= 15 is 0 Å². The van der Waals surface area contributed by atoms with Crippen LogP contribution in [-0.4, -0.2) is 11.9 Å². The molecule has 4 rings (SSSR count). The van der Waals surface area contributed by atoms with Crippen molar-refractivity contribution >= 4 is 22.4 Å². The van der Waals surface area contributed by atoms with Crippen molar-refractivity contribution in [3.63, 3.8) is 0 Å². The van der Waals surface area contributed by atoms with Crippen LogP contribution >= 0.6 is 0 Å². The summed E-state index contributed by atoms with van der Waals surface area (Å²) >= 11 is 0. The van der Waals surface area contributed by atoms with Crippen LogP contribution in [0.2, 0.25) is 0 Å². The van der Waals surface area contributed by atoms with Crippen molar-refractivity contribution in [2.45, 2.75) is 25.3 Å². The van der Waals surface area contributed by atoms with Gasteiger partial charge in [0.05, 0.1) is 0 Å². The van der Waals surface area contributed by atoms with E-state index in [1.807, 2.05) is 24.3 Å². The second kappa shape index (κ2) is 5.77. The van der Waals surface area contributed by atoms with E-state index in [4.69, 9.17) is 5.73 Å². The summed E-state index contributed by atoms with van der Waals surface area (Å²) in [4.78, 5) is 11.6. The van der Waals surface area contributed by atoms with E-state index < -0.39 is 0 Å². The van der Waals surface area contributed by atoms with Crippen LogP contribution in [0.4, 0.5) is 5.69 Å². The second-order valence-corrected chi connectivity index (χ2v) is 6.52. The van der Waals surface area contributed by atoms with Gasteiger partial charge in [0, 0.05) is 30.1 Å². The summed E-state index contributed by atoms with van der Waals surface area (Å²) < 4.78 is 0. The standard InChI is InChI=1S/C21H20N2O/c1-13(24)23-20-11-10-14-4-2-3-5-17(14)21(20)16-8-6-15(7-9-16)18-12-19(18)22/h2-11,18-19H,12,22H2,1H3,(H,23,24). The summed E-state index contributed by atoms with van der Waals surface area (Å²) in [7, 11) is 0. The van der Waals surface area contributed by atoms with Gasteiger partial charge >= 0.3 is 0 Å². The minimum Gasteiger partial charge on any atom is -0.327 e. The highest BCUT2D eigenvalue weighted by Crippen LogP contribution is 2.41. The predicted molar refractivity (Wildman–Crippen MR) is 99.0 cm³/mol. The van der Waals surface area contributed by atoms with Crippen molar-refractivity contribution < 1.29 is 4.79 Å². The zero-order valence-corrected chi connectivity index (χ0v) is 13.6. The van der Waals surface area contributed by atoms with Crippen molar-refractivity contribution in [3.05, 3.63) is 66.2 Å². The number of nitrogens with two attached hydrogens (primary N) is 1. The van der Waals surface area contributed by atoms with E-state index in [0.29, 0.717) is 12.0 Å². The van der Waals surface area contributed by atoms with E-state index in [1.54, 1.807) is 0 Å². The maximum Gasteiger partial charge on any atom is 0.221 e. The van der Waals surface area contributed by atoms with Gasteiger partial charge in [-0.05, 0) is 34.4 Å². The van der Waals surface area contributed by atoms with Crippen LogP contribution in [0.25, 0.3) is 21.9 Å². The molecule has 2 unspecified atom stereocenters. The first-order valence-corrected chi connectivity index (χ1v) is 8.29. The topological polar surface area (TPSA) is 55.1 Å². The molecule has 0 aliphatic heterocycles. The van der Waals surface area contributed by atoms with Gasteiger partial charge in [-0.25, -0.2) is 0 Å². The Bertz CT molecular complexity index is 915. The molecule has 3 nitrogen and oxygen atoms in total. The summed E-state index contributed by atoms with van der Waals surface area (Å²) in [5.74, 6) is 0.438. The molecular formula is C21H20N2O. The lowest BCUT2D eigenvalue weighted by atomic mass is 9.95. The molecule has 3 aromatic carbocycles. The Kier molecular flexibility index (Phi) is 3.58. The Labute approximate surface area is 141 Å². The molecule has 3 aromatic rings. The molecule has 3 heteroatoms. The van der Waals surface area contributed by atoms with E-state index in [0.717, 1.165) is 34.0 Å². The molecular weight excluding hydrogens is 296 g/mol. The average molecular weight is 316 g/mol. The van der Waals surface area contributed by atoms with Gasteiger partial charge in [0.15, 0.2) is 0 Å². The molecule has 1 fully saturated rings. The third kappa shape index (κ3) is 2.68. The molecule has 1 aliphatic rings. The largest absolute Gasteiger partial charge is 0.327 e. The Balaban J connectivity index is 1.85. The van der Waals surface area contributed by atoms with Gasteiger partial charge in [-0.15, -0.1) is 0 Å². The zero-order chi connectivity index (χ0) is 16.7. The lowest BCUT2D eigenvalue weighted by Crippen LogP contribution is -2.07. The van der Waals surface area contributed by atoms with E-state index in [2.05, 4.69) is 41.7 Å². The van der Waals surface area contributed by atoms with Crippen LogP contribution in [0.15, 0.2) is 60.7 Å². The zero-order valence-electron chi connectivity index (χ0n) is 13.6. The molecule has 120 valence electrons. The molecule has 1 amide bonds. The number of carbonyl (C=O) groups excluding carboxylic acids is 1. The van der Waals surface area contributed by atoms with Crippen LogP contribution in [0.1, 0.15) is 24.8 Å². The fourth-order valence-corrected chi connectivity index (χ4v) is 3.37. The molecule has 24 heavy (non-hydrogen) atoms. The Morgan fingerprint density at radius 3 is 2.42 bits per heavy atom. The third-order valence-electron chi connectivity index (χ3n) is 4.71. The molecule has 0 spiro atoms. The maximum atomic E-state index is 11.6. The van der Waals surface area contributed by atoms with Crippen molar-refractivity contribution in [2.75, 3.05) is 5.32 Å². The highest BCUT2D eigenvalue weighted by Gasteiger charge is 2.34. The lowest BCUT2D eigenvalue weighted by molar-refractivity contribution is -0.114. The minimum absolute atomic E-state index is 0.0629. The summed E-state index contributed by atoms with van der Waals surface area (Å²) in [6.45, 7) is 1.54. The number of fused-ring (bicyclic) bond motifs is 1. The van der Waals surface area contributed by atoms with Gasteiger partial charge < -0.3 is 11.1 Å². The molecule has 0 heterocycles. The van der Waals surface area contributed by atoms with E-state index in [9.17, 15) is 4.79 Å². The number of hydrogen-bond acceptors (Lipinski definition) is 2. The Morgan fingerprint density at radius 1 is 1.04 bits per heavy atom. The first kappa shape index (κ1) is 14.9. The van der Waals surface area contributed by atoms with Crippen LogP contribution < -0.4 is 11.1 Å². The first-order chi connectivity index (χ1) is 11.6. The van der Waals surface area contributed by atoms with Gasteiger partial charge in [-0.1, -0.05) is 54.6 Å².